The van der Waals surface area contributed by atoms with Gasteiger partial charge in [-0.05, 0) is 90.5 Å². The maximum absolute atomic E-state index is 14.7. The van der Waals surface area contributed by atoms with Crippen molar-refractivity contribution in [2.24, 2.45) is 35.0 Å². The number of rotatable bonds is 14. The van der Waals surface area contributed by atoms with E-state index in [2.05, 4.69) is 62.6 Å². The summed E-state index contributed by atoms with van der Waals surface area (Å²) in [6.45, 7) is 9.37. The van der Waals surface area contributed by atoms with Gasteiger partial charge in [0.15, 0.2) is 0 Å². The highest BCUT2D eigenvalue weighted by molar-refractivity contribution is 5.97. The average molecular weight is 725 g/mol. The molecule has 0 radical (unpaired) electrons. The molecule has 8 atom stereocenters. The van der Waals surface area contributed by atoms with E-state index in [1.54, 1.807) is 19.2 Å². The summed E-state index contributed by atoms with van der Waals surface area (Å²) in [5, 5.41) is 18.8. The number of anilines is 1. The lowest BCUT2D eigenvalue weighted by Gasteiger charge is -2.62. The Balaban J connectivity index is 1.31. The SMILES string of the molecule is CNC(=O)c1cc(-c2cccc(CN3O[C@@H](CO)[C@@H]([C@H](C)CCCc4ccccc4)[C@H]3C(=O)N[C@H]3C[C@H]4C[C@@H]([C@@H]3C)C4(C)C)c2OC)cc(N(C)C)c1. The third kappa shape index (κ3) is 7.84. The van der Waals surface area contributed by atoms with Gasteiger partial charge in [0.25, 0.3) is 5.91 Å². The Morgan fingerprint density at radius 2 is 1.83 bits per heavy atom. The number of ether oxygens (including phenoxy) is 1. The fourth-order valence-corrected chi connectivity index (χ4v) is 9.70. The predicted molar refractivity (Wildman–Crippen MR) is 211 cm³/mol. The maximum atomic E-state index is 14.7. The van der Waals surface area contributed by atoms with Gasteiger partial charge in [0.1, 0.15) is 17.9 Å². The van der Waals surface area contributed by atoms with E-state index in [-0.39, 0.29) is 42.8 Å². The number of fused-ring (bicyclic) bond motifs is 2. The first-order valence-corrected chi connectivity index (χ1v) is 19.5. The Kier molecular flexibility index (Phi) is 11.9. The summed E-state index contributed by atoms with van der Waals surface area (Å²) in [4.78, 5) is 36.0. The highest BCUT2D eigenvalue weighted by Crippen LogP contribution is 2.61. The topological polar surface area (TPSA) is 103 Å². The second-order valence-electron chi connectivity index (χ2n) is 16.6. The summed E-state index contributed by atoms with van der Waals surface area (Å²) in [5.41, 5.74) is 5.58. The number of nitrogens with one attached hydrogen (secondary N) is 2. The number of nitrogens with zero attached hydrogens (tertiary/aromatic N) is 2. The number of carbonyl (C=O) groups excluding carboxylic acids is 2. The summed E-state index contributed by atoms with van der Waals surface area (Å²) in [5.74, 6) is 1.97. The van der Waals surface area contributed by atoms with Crippen LogP contribution in [0.4, 0.5) is 5.69 Å². The minimum Gasteiger partial charge on any atom is -0.496 e. The molecule has 1 aliphatic heterocycles. The lowest BCUT2D eigenvalue weighted by atomic mass is 9.45. The molecule has 9 heteroatoms. The molecule has 2 bridgehead atoms. The van der Waals surface area contributed by atoms with Gasteiger partial charge in [0, 0.05) is 55.5 Å². The number of benzene rings is 3. The first-order valence-electron chi connectivity index (χ1n) is 19.5. The van der Waals surface area contributed by atoms with Crippen LogP contribution in [0.3, 0.4) is 0 Å². The van der Waals surface area contributed by atoms with Crippen molar-refractivity contribution in [1.29, 1.82) is 0 Å². The van der Waals surface area contributed by atoms with E-state index in [4.69, 9.17) is 9.57 Å². The van der Waals surface area contributed by atoms with Gasteiger partial charge in [-0.25, -0.2) is 0 Å². The van der Waals surface area contributed by atoms with Crippen LogP contribution in [0, 0.1) is 35.0 Å². The lowest BCUT2D eigenvalue weighted by Crippen LogP contribution is -2.62. The number of hydrogen-bond donors (Lipinski definition) is 3. The quantitative estimate of drug-likeness (QED) is 0.170. The van der Waals surface area contributed by atoms with E-state index < -0.39 is 12.1 Å². The molecule has 3 saturated carbocycles. The van der Waals surface area contributed by atoms with E-state index in [1.165, 1.54) is 12.0 Å². The number of hydroxylamine groups is 2. The van der Waals surface area contributed by atoms with Crippen LogP contribution in [0.5, 0.6) is 5.75 Å². The highest BCUT2D eigenvalue weighted by Gasteiger charge is 2.57. The molecule has 7 rings (SSSR count). The standard InChI is InChI=1S/C44H60N4O5/c1-27(14-12-17-29-15-10-9-11-16-29)39-38(26-49)53-48(40(39)43(51)46-37-24-33-23-36(28(37)2)44(33,3)4)25-30-18-13-19-35(41(30)52-8)31-20-32(42(50)45-5)22-34(21-31)47(6)7/h9-11,13,15-16,18-22,27-28,33,36-40,49H,12,14,17,23-26H2,1-8H3,(H,45,50)(H,46,51)/t27-,28+,33-,36+,37+,38+,39-,40+/m1/s1. The van der Waals surface area contributed by atoms with Crippen LogP contribution in [-0.4, -0.2) is 75.0 Å². The Bertz CT molecular complexity index is 1740. The molecule has 0 aromatic heterocycles. The largest absolute Gasteiger partial charge is 0.496 e. The van der Waals surface area contributed by atoms with Gasteiger partial charge >= 0.3 is 0 Å². The van der Waals surface area contributed by atoms with E-state index in [0.29, 0.717) is 34.5 Å². The summed E-state index contributed by atoms with van der Waals surface area (Å²) in [6, 6.07) is 21.8. The van der Waals surface area contributed by atoms with Gasteiger partial charge in [-0.15, -0.1) is 0 Å². The van der Waals surface area contributed by atoms with Crippen molar-refractivity contribution >= 4 is 17.5 Å². The van der Waals surface area contributed by atoms with Gasteiger partial charge in [0.05, 0.1) is 20.3 Å². The molecule has 3 N–H and O–H groups in total. The number of carbonyl (C=O) groups is 2. The molecular weight excluding hydrogens is 665 g/mol. The summed E-state index contributed by atoms with van der Waals surface area (Å²) < 4.78 is 6.11. The van der Waals surface area contributed by atoms with Gasteiger partial charge in [0.2, 0.25) is 5.91 Å². The minimum atomic E-state index is -0.595. The van der Waals surface area contributed by atoms with Crippen molar-refractivity contribution in [3.8, 4) is 16.9 Å². The minimum absolute atomic E-state index is 0.0270. The molecule has 4 aliphatic rings. The molecule has 2 amide bonds. The number of aliphatic hydroxyl groups excluding tert-OH is 1. The molecule has 0 unspecified atom stereocenters. The highest BCUT2D eigenvalue weighted by atomic mass is 16.7. The van der Waals surface area contributed by atoms with E-state index in [1.807, 2.05) is 61.5 Å². The van der Waals surface area contributed by atoms with Gasteiger partial charge in [-0.1, -0.05) is 76.2 Å². The first kappa shape index (κ1) is 38.8. The molecule has 0 spiro atoms. The van der Waals surface area contributed by atoms with Crippen molar-refractivity contribution in [2.75, 3.05) is 39.8 Å². The number of aliphatic hydroxyl groups is 1. The molecule has 286 valence electrons. The molecular formula is C44H60N4O5. The number of methoxy groups -OCH3 is 1. The summed E-state index contributed by atoms with van der Waals surface area (Å²) in [6.07, 6.45) is 4.56. The van der Waals surface area contributed by atoms with Crippen molar-refractivity contribution < 1.29 is 24.3 Å². The smallest absolute Gasteiger partial charge is 0.251 e. The van der Waals surface area contributed by atoms with E-state index in [0.717, 1.165) is 48.1 Å². The number of para-hydroxylation sites is 1. The zero-order chi connectivity index (χ0) is 38.0. The zero-order valence-electron chi connectivity index (χ0n) is 32.9. The van der Waals surface area contributed by atoms with Crippen LogP contribution in [0.1, 0.15) is 74.9 Å². The molecule has 53 heavy (non-hydrogen) atoms. The zero-order valence-corrected chi connectivity index (χ0v) is 32.9. The Morgan fingerprint density at radius 1 is 1.08 bits per heavy atom. The Morgan fingerprint density at radius 3 is 2.47 bits per heavy atom. The second-order valence-corrected chi connectivity index (χ2v) is 16.6. The molecule has 3 aliphatic carbocycles. The molecule has 1 saturated heterocycles. The molecule has 3 aromatic rings. The third-order valence-electron chi connectivity index (χ3n) is 13.0. The number of hydrogen-bond acceptors (Lipinski definition) is 7. The molecule has 4 fully saturated rings. The number of aryl methyl sites for hydroxylation is 1. The lowest BCUT2D eigenvalue weighted by molar-refractivity contribution is -0.183. The van der Waals surface area contributed by atoms with Crippen LogP contribution in [0.2, 0.25) is 0 Å². The second kappa shape index (κ2) is 16.2. The van der Waals surface area contributed by atoms with Crippen LogP contribution < -0.4 is 20.3 Å². The van der Waals surface area contributed by atoms with Gasteiger partial charge in [-0.2, -0.15) is 5.06 Å². The molecule has 1 heterocycles. The van der Waals surface area contributed by atoms with Crippen molar-refractivity contribution in [2.45, 2.75) is 84.5 Å². The van der Waals surface area contributed by atoms with Gasteiger partial charge < -0.3 is 25.4 Å². The fourth-order valence-electron chi connectivity index (χ4n) is 9.70. The van der Waals surface area contributed by atoms with Crippen LogP contribution in [0.25, 0.3) is 11.1 Å². The number of amides is 2. The average Bonchev–Trinajstić information content (AvgIpc) is 3.53. The predicted octanol–water partition coefficient (Wildman–Crippen LogP) is 6.73. The van der Waals surface area contributed by atoms with Crippen LogP contribution >= 0.6 is 0 Å². The van der Waals surface area contributed by atoms with Crippen LogP contribution in [-0.2, 0) is 22.6 Å². The molecule has 9 nitrogen and oxygen atoms in total. The van der Waals surface area contributed by atoms with Crippen LogP contribution in [0.15, 0.2) is 66.7 Å². The first-order chi connectivity index (χ1) is 25.4. The van der Waals surface area contributed by atoms with Gasteiger partial charge in [-0.3, -0.25) is 14.4 Å². The van der Waals surface area contributed by atoms with E-state index in [9.17, 15) is 14.7 Å². The molecule has 3 aromatic carbocycles. The van der Waals surface area contributed by atoms with Crippen molar-refractivity contribution in [3.63, 3.8) is 0 Å². The normalized spacial score (nSPS) is 26.7. The Hall–Kier alpha value is -3.92. The summed E-state index contributed by atoms with van der Waals surface area (Å²) >= 11 is 0. The Labute approximate surface area is 316 Å². The monoisotopic (exact) mass is 724 g/mol. The van der Waals surface area contributed by atoms with Crippen molar-refractivity contribution in [1.82, 2.24) is 15.7 Å². The fraction of sp³-hybridized carbons (Fsp3) is 0.545. The van der Waals surface area contributed by atoms with E-state index >= 15 is 0 Å². The summed E-state index contributed by atoms with van der Waals surface area (Å²) in [7, 11) is 7.18. The maximum Gasteiger partial charge on any atom is 0.251 e. The van der Waals surface area contributed by atoms with Crippen molar-refractivity contribution in [3.05, 3.63) is 83.4 Å². The third-order valence-corrected chi connectivity index (χ3v) is 13.0.